The van der Waals surface area contributed by atoms with E-state index in [0.717, 1.165) is 5.56 Å². The molecular weight excluding hydrogens is 326 g/mol. The zero-order valence-electron chi connectivity index (χ0n) is 13.7. The van der Waals surface area contributed by atoms with Crippen LogP contribution >= 0.6 is 11.6 Å². The number of esters is 1. The van der Waals surface area contributed by atoms with E-state index in [9.17, 15) is 9.59 Å². The van der Waals surface area contributed by atoms with Crippen molar-refractivity contribution in [3.05, 3.63) is 70.7 Å². The van der Waals surface area contributed by atoms with Crippen molar-refractivity contribution < 1.29 is 14.3 Å². The van der Waals surface area contributed by atoms with E-state index in [-0.39, 0.29) is 18.4 Å². The molecule has 4 nitrogen and oxygen atoms in total. The summed E-state index contributed by atoms with van der Waals surface area (Å²) < 4.78 is 4.77. The maximum Gasteiger partial charge on any atom is 0.310 e. The molecule has 0 fully saturated rings. The van der Waals surface area contributed by atoms with E-state index in [4.69, 9.17) is 16.3 Å². The maximum atomic E-state index is 12.9. The second-order valence-electron chi connectivity index (χ2n) is 5.61. The van der Waals surface area contributed by atoms with Gasteiger partial charge < -0.3 is 9.64 Å². The Balaban J connectivity index is 2.24. The summed E-state index contributed by atoms with van der Waals surface area (Å²) in [6, 6.07) is 16.4. The summed E-state index contributed by atoms with van der Waals surface area (Å²) in [5.74, 6) is -0.925. The molecular formula is C19H20ClNO3. The summed E-state index contributed by atoms with van der Waals surface area (Å²) in [5.41, 5.74) is 1.49. The van der Waals surface area contributed by atoms with Crippen LogP contribution in [-0.4, -0.2) is 30.4 Å². The molecule has 0 saturated heterocycles. The number of nitrogens with zero attached hydrogens (tertiary/aromatic N) is 1. The van der Waals surface area contributed by atoms with Gasteiger partial charge in [0.1, 0.15) is 0 Å². The number of benzene rings is 2. The molecule has 1 unspecified atom stereocenters. The number of rotatable bonds is 6. The highest BCUT2D eigenvalue weighted by Crippen LogP contribution is 2.16. The van der Waals surface area contributed by atoms with Crippen LogP contribution in [0.4, 0.5) is 0 Å². The number of carbonyl (C=O) groups excluding carboxylic acids is 2. The van der Waals surface area contributed by atoms with Gasteiger partial charge in [-0.3, -0.25) is 9.59 Å². The Kier molecular flexibility index (Phi) is 6.38. The largest absolute Gasteiger partial charge is 0.469 e. The number of halogens is 1. The summed E-state index contributed by atoms with van der Waals surface area (Å²) in [5, 5.41) is 0.501. The van der Waals surface area contributed by atoms with E-state index >= 15 is 0 Å². The lowest BCUT2D eigenvalue weighted by atomic mass is 10.1. The van der Waals surface area contributed by atoms with Crippen molar-refractivity contribution in [1.29, 1.82) is 0 Å². The van der Waals surface area contributed by atoms with Crippen LogP contribution in [0.1, 0.15) is 22.8 Å². The summed E-state index contributed by atoms with van der Waals surface area (Å²) in [4.78, 5) is 26.2. The monoisotopic (exact) mass is 345 g/mol. The Morgan fingerprint density at radius 1 is 1.12 bits per heavy atom. The lowest BCUT2D eigenvalue weighted by molar-refractivity contribution is -0.145. The van der Waals surface area contributed by atoms with E-state index in [1.54, 1.807) is 36.1 Å². The van der Waals surface area contributed by atoms with Crippen LogP contribution in [0.15, 0.2) is 54.6 Å². The summed E-state index contributed by atoms with van der Waals surface area (Å²) in [6.07, 6.45) is 0. The van der Waals surface area contributed by atoms with Gasteiger partial charge in [-0.1, -0.05) is 54.9 Å². The van der Waals surface area contributed by atoms with Crippen molar-refractivity contribution >= 4 is 23.5 Å². The molecule has 0 N–H and O–H groups in total. The standard InChI is InChI=1S/C19H20ClNO3/c1-14(19(23)24-2)12-21(13-15-7-4-3-5-8-15)18(22)16-9-6-10-17(20)11-16/h3-11,14H,12-13H2,1-2H3. The molecule has 2 rings (SSSR count). The number of methoxy groups -OCH3 is 1. The minimum atomic E-state index is -0.415. The van der Waals surface area contributed by atoms with E-state index in [1.807, 2.05) is 30.3 Å². The van der Waals surface area contributed by atoms with Gasteiger partial charge in [-0.15, -0.1) is 0 Å². The first-order valence-corrected chi connectivity index (χ1v) is 8.05. The second-order valence-corrected chi connectivity index (χ2v) is 6.04. The van der Waals surface area contributed by atoms with Crippen LogP contribution < -0.4 is 0 Å². The zero-order valence-corrected chi connectivity index (χ0v) is 14.5. The van der Waals surface area contributed by atoms with Gasteiger partial charge in [0.05, 0.1) is 13.0 Å². The van der Waals surface area contributed by atoms with Crippen LogP contribution in [0.3, 0.4) is 0 Å². The lowest BCUT2D eigenvalue weighted by Gasteiger charge is -2.25. The van der Waals surface area contributed by atoms with Crippen molar-refractivity contribution in [2.45, 2.75) is 13.5 Å². The van der Waals surface area contributed by atoms with E-state index < -0.39 is 5.92 Å². The number of hydrogen-bond acceptors (Lipinski definition) is 3. The molecule has 2 aromatic rings. The number of amides is 1. The quantitative estimate of drug-likeness (QED) is 0.748. The maximum absolute atomic E-state index is 12.9. The first-order chi connectivity index (χ1) is 11.5. The topological polar surface area (TPSA) is 46.6 Å². The Hall–Kier alpha value is -2.33. The van der Waals surface area contributed by atoms with Gasteiger partial charge in [-0.25, -0.2) is 0 Å². The van der Waals surface area contributed by atoms with Crippen molar-refractivity contribution in [2.24, 2.45) is 5.92 Å². The number of hydrogen-bond donors (Lipinski definition) is 0. The highest BCUT2D eigenvalue weighted by molar-refractivity contribution is 6.30. The van der Waals surface area contributed by atoms with Gasteiger partial charge in [0.15, 0.2) is 0 Å². The smallest absolute Gasteiger partial charge is 0.310 e. The number of ether oxygens (including phenoxy) is 1. The predicted octanol–water partition coefficient (Wildman–Crippen LogP) is 3.79. The molecule has 126 valence electrons. The third-order valence-corrected chi connectivity index (χ3v) is 3.91. The SMILES string of the molecule is COC(=O)C(C)CN(Cc1ccccc1)C(=O)c1cccc(Cl)c1. The number of carbonyl (C=O) groups is 2. The first kappa shape index (κ1) is 18.0. The fourth-order valence-corrected chi connectivity index (χ4v) is 2.62. The van der Waals surface area contributed by atoms with Gasteiger partial charge >= 0.3 is 5.97 Å². The third kappa shape index (κ3) is 4.83. The summed E-state index contributed by atoms with van der Waals surface area (Å²) >= 11 is 5.99. The molecule has 1 amide bonds. The van der Waals surface area contributed by atoms with E-state index in [1.165, 1.54) is 7.11 Å². The van der Waals surface area contributed by atoms with Crippen LogP contribution in [0.25, 0.3) is 0 Å². The van der Waals surface area contributed by atoms with Gasteiger partial charge in [0.2, 0.25) is 0 Å². The van der Waals surface area contributed by atoms with Crippen molar-refractivity contribution in [3.8, 4) is 0 Å². The average Bonchev–Trinajstić information content (AvgIpc) is 2.60. The van der Waals surface area contributed by atoms with E-state index in [0.29, 0.717) is 17.1 Å². The summed E-state index contributed by atoms with van der Waals surface area (Å²) in [6.45, 7) is 2.43. The Morgan fingerprint density at radius 2 is 1.83 bits per heavy atom. The van der Waals surface area contributed by atoms with Gasteiger partial charge in [0, 0.05) is 23.7 Å². The minimum Gasteiger partial charge on any atom is -0.469 e. The highest BCUT2D eigenvalue weighted by atomic mass is 35.5. The van der Waals surface area contributed by atoms with Crippen LogP contribution in [0, 0.1) is 5.92 Å². The molecule has 0 aliphatic carbocycles. The molecule has 24 heavy (non-hydrogen) atoms. The molecule has 0 saturated carbocycles. The molecule has 0 radical (unpaired) electrons. The fraction of sp³-hybridized carbons (Fsp3) is 0.263. The van der Waals surface area contributed by atoms with Crippen molar-refractivity contribution in [3.63, 3.8) is 0 Å². The van der Waals surface area contributed by atoms with Crippen molar-refractivity contribution in [1.82, 2.24) is 4.90 Å². The van der Waals surface area contributed by atoms with Crippen molar-refractivity contribution in [2.75, 3.05) is 13.7 Å². The third-order valence-electron chi connectivity index (χ3n) is 3.67. The normalized spacial score (nSPS) is 11.6. The minimum absolute atomic E-state index is 0.169. The Bertz CT molecular complexity index is 703. The van der Waals surface area contributed by atoms with E-state index in [2.05, 4.69) is 0 Å². The first-order valence-electron chi connectivity index (χ1n) is 7.68. The Morgan fingerprint density at radius 3 is 2.46 bits per heavy atom. The second kappa shape index (κ2) is 8.50. The van der Waals surface area contributed by atoms with Crippen LogP contribution in [-0.2, 0) is 16.1 Å². The molecule has 5 heteroatoms. The van der Waals surface area contributed by atoms with Gasteiger partial charge in [-0.05, 0) is 23.8 Å². The fourth-order valence-electron chi connectivity index (χ4n) is 2.43. The summed E-state index contributed by atoms with van der Waals surface area (Å²) in [7, 11) is 1.35. The van der Waals surface area contributed by atoms with Crippen LogP contribution in [0.5, 0.6) is 0 Å². The highest BCUT2D eigenvalue weighted by Gasteiger charge is 2.23. The van der Waals surface area contributed by atoms with Gasteiger partial charge in [0.25, 0.3) is 5.91 Å². The molecule has 2 aromatic carbocycles. The lowest BCUT2D eigenvalue weighted by Crippen LogP contribution is -2.36. The van der Waals surface area contributed by atoms with Crippen LogP contribution in [0.2, 0.25) is 5.02 Å². The average molecular weight is 346 g/mol. The molecule has 1 atom stereocenters. The molecule has 0 heterocycles. The van der Waals surface area contributed by atoms with Gasteiger partial charge in [-0.2, -0.15) is 0 Å². The molecule has 0 spiro atoms. The molecule has 0 aliphatic heterocycles. The molecule has 0 aliphatic rings. The zero-order chi connectivity index (χ0) is 17.5. The predicted molar refractivity (Wildman–Crippen MR) is 93.8 cm³/mol. The molecule has 0 bridgehead atoms. The molecule has 0 aromatic heterocycles. The Labute approximate surface area is 147 Å².